The standard InChI is InChI=1S/C38H52N8O/c1-28-10-7-11-29-12-8-15-35(36(28)29)45-21-17-33-34(26-45)40-38(47-27-32-14-9-20-43(32)3)41-37(33)46-23-22-44(31(25-46)16-18-39)24-30-13-5-4-6-19-42(30)2/h7-8,10-12,15,30-32H,4-6,9,13-14,16-17,19-27H2,1-3H3/t30-,31-,32-/m0/s1. The molecule has 3 aromatic rings. The maximum absolute atomic E-state index is 9.90. The van der Waals surface area contributed by atoms with E-state index >= 15 is 0 Å². The topological polar surface area (TPSA) is 75.0 Å². The fraction of sp³-hybridized carbons (Fsp3) is 0.605. The van der Waals surface area contributed by atoms with Gasteiger partial charge in [-0.3, -0.25) is 4.90 Å². The molecule has 0 bridgehead atoms. The molecule has 0 aliphatic carbocycles. The van der Waals surface area contributed by atoms with Crippen molar-refractivity contribution < 1.29 is 4.74 Å². The van der Waals surface area contributed by atoms with Crippen LogP contribution in [0.25, 0.3) is 10.8 Å². The molecule has 5 heterocycles. The highest BCUT2D eigenvalue weighted by atomic mass is 16.5. The van der Waals surface area contributed by atoms with E-state index in [-0.39, 0.29) is 6.04 Å². The summed E-state index contributed by atoms with van der Waals surface area (Å²) in [5.41, 5.74) is 4.89. The summed E-state index contributed by atoms with van der Waals surface area (Å²) in [6, 6.07) is 17.4. The molecule has 4 aliphatic heterocycles. The molecule has 1 aromatic heterocycles. The first kappa shape index (κ1) is 32.1. The molecule has 0 saturated carbocycles. The molecule has 0 spiro atoms. The summed E-state index contributed by atoms with van der Waals surface area (Å²) in [6.07, 6.45) is 8.95. The predicted molar refractivity (Wildman–Crippen MR) is 189 cm³/mol. The average Bonchev–Trinajstić information content (AvgIpc) is 3.39. The zero-order chi connectivity index (χ0) is 32.3. The van der Waals surface area contributed by atoms with Crippen LogP contribution in [0.2, 0.25) is 0 Å². The third-order valence-corrected chi connectivity index (χ3v) is 11.4. The molecule has 0 unspecified atom stereocenters. The van der Waals surface area contributed by atoms with Gasteiger partial charge < -0.3 is 24.3 Å². The van der Waals surface area contributed by atoms with Gasteiger partial charge in [-0.2, -0.15) is 15.2 Å². The van der Waals surface area contributed by atoms with Gasteiger partial charge in [0.1, 0.15) is 12.4 Å². The van der Waals surface area contributed by atoms with Gasteiger partial charge in [0.15, 0.2) is 0 Å². The number of aryl methyl sites for hydroxylation is 1. The Bertz CT molecular complexity index is 1580. The number of piperazine rings is 1. The predicted octanol–water partition coefficient (Wildman–Crippen LogP) is 5.25. The first-order valence-corrected chi connectivity index (χ1v) is 18.0. The Hall–Kier alpha value is -3.45. The molecular formula is C38H52N8O. The minimum Gasteiger partial charge on any atom is -0.462 e. The van der Waals surface area contributed by atoms with Crippen LogP contribution in [0.15, 0.2) is 36.4 Å². The van der Waals surface area contributed by atoms with Crippen molar-refractivity contribution in [1.82, 2.24) is 24.7 Å². The van der Waals surface area contributed by atoms with Crippen molar-refractivity contribution in [2.45, 2.75) is 83.0 Å². The number of likely N-dealkylation sites (tertiary alicyclic amines) is 2. The zero-order valence-corrected chi connectivity index (χ0v) is 28.7. The van der Waals surface area contributed by atoms with Crippen LogP contribution < -0.4 is 14.5 Å². The summed E-state index contributed by atoms with van der Waals surface area (Å²) in [5.74, 6) is 1.02. The van der Waals surface area contributed by atoms with E-state index in [1.165, 1.54) is 66.2 Å². The van der Waals surface area contributed by atoms with Crippen molar-refractivity contribution in [1.29, 1.82) is 5.26 Å². The number of likely N-dealkylation sites (N-methyl/N-ethyl adjacent to an activating group) is 2. The lowest BCUT2D eigenvalue weighted by Crippen LogP contribution is -2.56. The van der Waals surface area contributed by atoms with E-state index in [0.29, 0.717) is 31.1 Å². The molecule has 9 nitrogen and oxygen atoms in total. The van der Waals surface area contributed by atoms with Crippen molar-refractivity contribution in [3.63, 3.8) is 0 Å². The van der Waals surface area contributed by atoms with E-state index in [0.717, 1.165) is 70.2 Å². The fourth-order valence-corrected chi connectivity index (χ4v) is 8.50. The normalized spacial score (nSPS) is 24.7. The molecule has 2 aromatic carbocycles. The van der Waals surface area contributed by atoms with Gasteiger partial charge in [0, 0.05) is 67.5 Å². The highest BCUT2D eigenvalue weighted by Gasteiger charge is 2.34. The number of benzene rings is 2. The van der Waals surface area contributed by atoms with Crippen LogP contribution in [-0.2, 0) is 13.0 Å². The third kappa shape index (κ3) is 6.92. The molecule has 9 heteroatoms. The number of anilines is 2. The second-order valence-corrected chi connectivity index (χ2v) is 14.4. The minimum atomic E-state index is 0.186. The summed E-state index contributed by atoms with van der Waals surface area (Å²) in [6.45, 7) is 10.5. The Labute approximate surface area is 281 Å². The lowest BCUT2D eigenvalue weighted by atomic mass is 9.99. The quantitative estimate of drug-likeness (QED) is 0.330. The molecule has 250 valence electrons. The molecule has 47 heavy (non-hydrogen) atoms. The van der Waals surface area contributed by atoms with Crippen LogP contribution in [0.4, 0.5) is 11.5 Å². The van der Waals surface area contributed by atoms with Crippen molar-refractivity contribution in [3.05, 3.63) is 53.2 Å². The van der Waals surface area contributed by atoms with Crippen LogP contribution in [0, 0.1) is 18.3 Å². The highest BCUT2D eigenvalue weighted by Crippen LogP contribution is 2.36. The molecule has 3 fully saturated rings. The second-order valence-electron chi connectivity index (χ2n) is 14.4. The lowest BCUT2D eigenvalue weighted by Gasteiger charge is -2.44. The summed E-state index contributed by atoms with van der Waals surface area (Å²) in [5, 5.41) is 12.5. The maximum Gasteiger partial charge on any atom is 0.318 e. The van der Waals surface area contributed by atoms with Gasteiger partial charge in [-0.25, -0.2) is 0 Å². The highest BCUT2D eigenvalue weighted by molar-refractivity contribution is 5.97. The fourth-order valence-electron chi connectivity index (χ4n) is 8.50. The summed E-state index contributed by atoms with van der Waals surface area (Å²) in [7, 11) is 4.47. The van der Waals surface area contributed by atoms with E-state index in [2.05, 4.69) is 88.0 Å². The maximum atomic E-state index is 9.90. The van der Waals surface area contributed by atoms with Crippen LogP contribution in [-0.4, -0.2) is 109 Å². The third-order valence-electron chi connectivity index (χ3n) is 11.4. The van der Waals surface area contributed by atoms with E-state index in [1.807, 2.05) is 0 Å². The van der Waals surface area contributed by atoms with Crippen LogP contribution in [0.5, 0.6) is 6.01 Å². The van der Waals surface area contributed by atoms with Crippen molar-refractivity contribution >= 4 is 22.3 Å². The Morgan fingerprint density at radius 1 is 0.851 bits per heavy atom. The number of ether oxygens (including phenoxy) is 1. The number of hydrogen-bond acceptors (Lipinski definition) is 9. The molecule has 7 rings (SSSR count). The number of hydrogen-bond donors (Lipinski definition) is 0. The van der Waals surface area contributed by atoms with Crippen molar-refractivity contribution in [2.75, 3.05) is 76.3 Å². The van der Waals surface area contributed by atoms with Crippen LogP contribution >= 0.6 is 0 Å². The van der Waals surface area contributed by atoms with Gasteiger partial charge in [-0.15, -0.1) is 0 Å². The minimum absolute atomic E-state index is 0.186. The summed E-state index contributed by atoms with van der Waals surface area (Å²) < 4.78 is 6.43. The van der Waals surface area contributed by atoms with Gasteiger partial charge in [0.05, 0.1) is 24.7 Å². The molecule has 3 saturated heterocycles. The largest absolute Gasteiger partial charge is 0.462 e. The number of nitrogens with zero attached hydrogens (tertiary/aromatic N) is 8. The molecule has 0 N–H and O–H groups in total. The Kier molecular flexibility index (Phi) is 9.80. The van der Waals surface area contributed by atoms with Crippen molar-refractivity contribution in [3.8, 4) is 12.1 Å². The zero-order valence-electron chi connectivity index (χ0n) is 28.7. The SMILES string of the molecule is Cc1cccc2cccc(N3CCc4c(nc(OC[C@@H]5CCCN5C)nc4N4CCN(C[C@@H]5CCCCCN5C)[C@@H](CC#N)C4)C3)c12. The lowest BCUT2D eigenvalue weighted by molar-refractivity contribution is 0.117. The average molecular weight is 637 g/mol. The first-order valence-electron chi connectivity index (χ1n) is 18.0. The van der Waals surface area contributed by atoms with E-state index in [9.17, 15) is 5.26 Å². The van der Waals surface area contributed by atoms with Crippen LogP contribution in [0.3, 0.4) is 0 Å². The van der Waals surface area contributed by atoms with Gasteiger partial charge in [0.25, 0.3) is 0 Å². The number of fused-ring (bicyclic) bond motifs is 2. The Morgan fingerprint density at radius 3 is 2.49 bits per heavy atom. The first-order chi connectivity index (χ1) is 23.0. The van der Waals surface area contributed by atoms with Gasteiger partial charge >= 0.3 is 6.01 Å². The van der Waals surface area contributed by atoms with Crippen LogP contribution in [0.1, 0.15) is 61.8 Å². The molecular weight excluding hydrogens is 584 g/mol. The Morgan fingerprint density at radius 2 is 1.66 bits per heavy atom. The molecule has 0 amide bonds. The van der Waals surface area contributed by atoms with Crippen molar-refractivity contribution in [2.24, 2.45) is 0 Å². The van der Waals surface area contributed by atoms with E-state index in [1.54, 1.807) is 0 Å². The molecule has 0 radical (unpaired) electrons. The number of rotatable bonds is 8. The Balaban J connectivity index is 1.17. The second kappa shape index (κ2) is 14.3. The van der Waals surface area contributed by atoms with E-state index in [4.69, 9.17) is 14.7 Å². The number of nitriles is 1. The van der Waals surface area contributed by atoms with E-state index < -0.39 is 0 Å². The van der Waals surface area contributed by atoms with Gasteiger partial charge in [-0.05, 0) is 83.2 Å². The smallest absolute Gasteiger partial charge is 0.318 e. The summed E-state index contributed by atoms with van der Waals surface area (Å²) in [4.78, 5) is 22.7. The molecule has 3 atom stereocenters. The summed E-state index contributed by atoms with van der Waals surface area (Å²) >= 11 is 0. The monoisotopic (exact) mass is 636 g/mol. The molecule has 4 aliphatic rings. The number of aromatic nitrogens is 2. The van der Waals surface area contributed by atoms with Gasteiger partial charge in [-0.1, -0.05) is 43.2 Å². The van der Waals surface area contributed by atoms with Gasteiger partial charge in [0.2, 0.25) is 0 Å².